The minimum Gasteiger partial charge on any atom is -0.0984 e. The van der Waals surface area contributed by atoms with E-state index in [1.807, 2.05) is 0 Å². The van der Waals surface area contributed by atoms with Crippen molar-refractivity contribution in [2.45, 2.75) is 59.3 Å². The van der Waals surface area contributed by atoms with Gasteiger partial charge in [0.1, 0.15) is 0 Å². The summed E-state index contributed by atoms with van der Waals surface area (Å²) in [4.78, 5) is 0. The van der Waals surface area contributed by atoms with Crippen molar-refractivity contribution in [1.82, 2.24) is 0 Å². The highest BCUT2D eigenvalue weighted by Gasteiger charge is 2.50. The molecule has 0 spiro atoms. The van der Waals surface area contributed by atoms with Gasteiger partial charge in [0.2, 0.25) is 0 Å². The Hall–Kier alpha value is -0.0900. The van der Waals surface area contributed by atoms with Gasteiger partial charge in [-0.05, 0) is 75.8 Å². The Balaban J connectivity index is 1.75. The van der Waals surface area contributed by atoms with Gasteiger partial charge >= 0.3 is 0 Å². The Kier molecular flexibility index (Phi) is 4.42. The maximum Gasteiger partial charge on any atom is -0.00181 e. The largest absolute Gasteiger partial charge is 0.0984 e. The van der Waals surface area contributed by atoms with Crippen molar-refractivity contribution in [3.63, 3.8) is 0 Å². The van der Waals surface area contributed by atoms with Crippen molar-refractivity contribution in [2.24, 2.45) is 29.6 Å². The molecule has 112 valence electrons. The highest BCUT2D eigenvalue weighted by molar-refractivity contribution is 7.42. The van der Waals surface area contributed by atoms with Crippen LogP contribution >= 0.6 is 8.58 Å². The number of allylic oxidation sites excluding steroid dienone is 4. The first-order valence-electron chi connectivity index (χ1n) is 8.69. The van der Waals surface area contributed by atoms with Crippen LogP contribution in [0.15, 0.2) is 22.5 Å². The van der Waals surface area contributed by atoms with Gasteiger partial charge < -0.3 is 0 Å². The van der Waals surface area contributed by atoms with E-state index in [2.05, 4.69) is 33.5 Å². The van der Waals surface area contributed by atoms with E-state index >= 15 is 0 Å². The molecule has 20 heavy (non-hydrogen) atoms. The van der Waals surface area contributed by atoms with Crippen LogP contribution in [0, 0.1) is 29.6 Å². The van der Waals surface area contributed by atoms with Gasteiger partial charge in [0.05, 0.1) is 0 Å². The van der Waals surface area contributed by atoms with E-state index in [1.165, 1.54) is 32.1 Å². The van der Waals surface area contributed by atoms with E-state index in [4.69, 9.17) is 0 Å². The smallest absolute Gasteiger partial charge is 0.00181 e. The summed E-state index contributed by atoms with van der Waals surface area (Å²) >= 11 is 0. The van der Waals surface area contributed by atoms with E-state index in [0.29, 0.717) is 5.92 Å². The molecule has 0 radical (unpaired) electrons. The lowest BCUT2D eigenvalue weighted by atomic mass is 9.49. The average molecular weight is 290 g/mol. The highest BCUT2D eigenvalue weighted by Crippen LogP contribution is 2.58. The normalized spacial score (nSPS) is 39.5. The summed E-state index contributed by atoms with van der Waals surface area (Å²) in [7, 11) is 0.974. The Morgan fingerprint density at radius 2 is 1.75 bits per heavy atom. The van der Waals surface area contributed by atoms with E-state index in [9.17, 15) is 0 Å². The van der Waals surface area contributed by atoms with Gasteiger partial charge in [-0.2, -0.15) is 0 Å². The lowest BCUT2D eigenvalue weighted by molar-refractivity contribution is -0.0356. The topological polar surface area (TPSA) is 0 Å². The second kappa shape index (κ2) is 5.96. The van der Waals surface area contributed by atoms with Crippen LogP contribution < -0.4 is 0 Å². The second-order valence-electron chi connectivity index (χ2n) is 7.41. The van der Waals surface area contributed by atoms with E-state index in [-0.39, 0.29) is 0 Å². The summed E-state index contributed by atoms with van der Waals surface area (Å²) in [6.07, 6.45) is 11.7. The average Bonchev–Trinajstić information content (AvgIpc) is 2.49. The Morgan fingerprint density at radius 1 is 1.10 bits per heavy atom. The van der Waals surface area contributed by atoms with Crippen LogP contribution in [0.25, 0.3) is 0 Å². The summed E-state index contributed by atoms with van der Waals surface area (Å²) in [5.41, 5.74) is 3.42. The molecular formula is C19H31P. The fraction of sp³-hybridized carbons (Fsp3) is 0.789. The van der Waals surface area contributed by atoms with Crippen LogP contribution in [0.5, 0.6) is 0 Å². The van der Waals surface area contributed by atoms with E-state index < -0.39 is 0 Å². The molecule has 0 saturated heterocycles. The minimum absolute atomic E-state index is 0.700. The number of hydrogen-bond donors (Lipinski definition) is 0. The van der Waals surface area contributed by atoms with Gasteiger partial charge in [0, 0.05) is 0 Å². The molecule has 3 aliphatic carbocycles. The second-order valence-corrected chi connectivity index (χ2v) is 8.66. The monoisotopic (exact) mass is 290 g/mol. The molecule has 6 unspecified atom stereocenters. The zero-order valence-corrected chi connectivity index (χ0v) is 14.7. The van der Waals surface area contributed by atoms with E-state index in [1.54, 1.807) is 22.9 Å². The third-order valence-corrected chi connectivity index (χ3v) is 7.90. The SMILES string of the molecule is CP/C(C)=C(/C)C(C)C1=CC2C3CCCCC3C2CC1. The minimum atomic E-state index is 0.700. The van der Waals surface area contributed by atoms with Crippen LogP contribution in [0.3, 0.4) is 0 Å². The Labute approximate surface area is 127 Å². The summed E-state index contributed by atoms with van der Waals surface area (Å²) in [6.45, 7) is 9.46. The molecule has 6 atom stereocenters. The van der Waals surface area contributed by atoms with Gasteiger partial charge in [-0.15, -0.1) is 0 Å². The molecule has 0 N–H and O–H groups in total. The van der Waals surface area contributed by atoms with Crippen molar-refractivity contribution in [3.05, 3.63) is 22.5 Å². The van der Waals surface area contributed by atoms with Gasteiger partial charge in [-0.25, -0.2) is 0 Å². The molecule has 1 heteroatoms. The molecule has 0 bridgehead atoms. The van der Waals surface area contributed by atoms with Crippen molar-refractivity contribution < 1.29 is 0 Å². The maximum absolute atomic E-state index is 2.74. The van der Waals surface area contributed by atoms with Gasteiger partial charge in [-0.1, -0.05) is 50.9 Å². The molecule has 0 amide bonds. The number of rotatable bonds is 3. The first kappa shape index (κ1) is 14.8. The fourth-order valence-corrected chi connectivity index (χ4v) is 5.74. The molecular weight excluding hydrogens is 259 g/mol. The first-order valence-corrected chi connectivity index (χ1v) is 10.2. The summed E-state index contributed by atoms with van der Waals surface area (Å²) in [6, 6.07) is 0. The highest BCUT2D eigenvalue weighted by atomic mass is 31.1. The van der Waals surface area contributed by atoms with Crippen molar-refractivity contribution >= 4 is 8.58 Å². The van der Waals surface area contributed by atoms with Gasteiger partial charge in [0.25, 0.3) is 0 Å². The lowest BCUT2D eigenvalue weighted by Crippen LogP contribution is -2.49. The van der Waals surface area contributed by atoms with Crippen LogP contribution in [0.4, 0.5) is 0 Å². The summed E-state index contributed by atoms with van der Waals surface area (Å²) in [5.74, 6) is 4.90. The quantitative estimate of drug-likeness (QED) is 0.442. The fourth-order valence-electron chi connectivity index (χ4n) is 5.13. The molecule has 3 rings (SSSR count). The predicted molar refractivity (Wildman–Crippen MR) is 91.5 cm³/mol. The standard InChI is InChI=1S/C19H31P/c1-12(14(3)20-4)13(2)15-9-10-18-16-7-5-6-8-17(16)19(18)11-15/h11,13,16-20H,5-10H2,1-4H3/b14-12-. The molecule has 0 aromatic heterocycles. The lowest BCUT2D eigenvalue weighted by Gasteiger charge is -2.56. The molecule has 3 aliphatic rings. The third-order valence-electron chi connectivity index (χ3n) is 6.76. The number of hydrogen-bond acceptors (Lipinski definition) is 0. The summed E-state index contributed by atoms with van der Waals surface area (Å²) < 4.78 is 0. The van der Waals surface area contributed by atoms with E-state index in [0.717, 1.165) is 32.3 Å². The molecule has 0 nitrogen and oxygen atoms in total. The molecule has 0 heterocycles. The van der Waals surface area contributed by atoms with Crippen LogP contribution in [-0.4, -0.2) is 6.66 Å². The van der Waals surface area contributed by atoms with Crippen molar-refractivity contribution in [3.8, 4) is 0 Å². The van der Waals surface area contributed by atoms with Gasteiger partial charge in [0.15, 0.2) is 0 Å². The third kappa shape index (κ3) is 2.43. The van der Waals surface area contributed by atoms with Crippen LogP contribution in [-0.2, 0) is 0 Å². The molecule has 2 fully saturated rings. The molecule has 0 aliphatic heterocycles. The van der Waals surface area contributed by atoms with Crippen molar-refractivity contribution in [1.29, 1.82) is 0 Å². The first-order chi connectivity index (χ1) is 9.63. The van der Waals surface area contributed by atoms with Gasteiger partial charge in [-0.3, -0.25) is 0 Å². The Morgan fingerprint density at radius 3 is 2.45 bits per heavy atom. The van der Waals surface area contributed by atoms with Crippen LogP contribution in [0.2, 0.25) is 0 Å². The predicted octanol–water partition coefficient (Wildman–Crippen LogP) is 6.00. The number of fused-ring (bicyclic) bond motifs is 4. The Bertz CT molecular complexity index is 431. The molecule has 2 saturated carbocycles. The zero-order chi connectivity index (χ0) is 14.3. The van der Waals surface area contributed by atoms with Crippen LogP contribution in [0.1, 0.15) is 59.3 Å². The van der Waals surface area contributed by atoms with Crippen molar-refractivity contribution in [2.75, 3.05) is 6.66 Å². The summed E-state index contributed by atoms with van der Waals surface area (Å²) in [5, 5.41) is 1.63. The maximum atomic E-state index is 2.74. The zero-order valence-electron chi connectivity index (χ0n) is 13.7. The molecule has 0 aromatic carbocycles. The molecule has 0 aromatic rings.